The number of nitrogens with zero attached hydrogens (tertiary/aromatic N) is 1. The van der Waals surface area contributed by atoms with Crippen LogP contribution in [0.5, 0.6) is 5.75 Å². The number of rotatable bonds is 5. The van der Waals surface area contributed by atoms with Gasteiger partial charge in [0.25, 0.3) is 0 Å². The Morgan fingerprint density at radius 2 is 1.79 bits per heavy atom. The highest BCUT2D eigenvalue weighted by Gasteiger charge is 2.23. The second-order valence-corrected chi connectivity index (χ2v) is 5.11. The number of carbonyl (C=O) groups excluding carboxylic acids is 1. The summed E-state index contributed by atoms with van der Waals surface area (Å²) in [5.74, 6) is -1.11. The van der Waals surface area contributed by atoms with Gasteiger partial charge in [0.2, 0.25) is 0 Å². The third-order valence-corrected chi connectivity index (χ3v) is 3.66. The van der Waals surface area contributed by atoms with Crippen molar-refractivity contribution in [3.05, 3.63) is 59.7 Å². The van der Waals surface area contributed by atoms with Crippen LogP contribution in [0.4, 0.5) is 19.3 Å². The van der Waals surface area contributed by atoms with Crippen LogP contribution in [0, 0.1) is 11.6 Å². The average Bonchev–Trinajstić information content (AvgIpc) is 2.59. The Kier molecular flexibility index (Phi) is 5.70. The summed E-state index contributed by atoms with van der Waals surface area (Å²) >= 11 is 0. The molecule has 2 aromatic rings. The summed E-state index contributed by atoms with van der Waals surface area (Å²) in [4.78, 5) is 13.4. The van der Waals surface area contributed by atoms with Crippen molar-refractivity contribution in [2.45, 2.75) is 6.04 Å². The molecule has 2 rings (SSSR count). The molecule has 0 spiro atoms. The zero-order valence-electron chi connectivity index (χ0n) is 13.3. The number of aliphatic hydroxyl groups excluding tert-OH is 1. The minimum atomic E-state index is -0.873. The molecule has 2 aromatic carbocycles. The molecular weight excluding hydrogens is 318 g/mol. The van der Waals surface area contributed by atoms with Crippen LogP contribution < -0.4 is 10.1 Å². The number of para-hydroxylation sites is 1. The van der Waals surface area contributed by atoms with Gasteiger partial charge in [-0.25, -0.2) is 13.6 Å². The molecule has 0 fully saturated rings. The van der Waals surface area contributed by atoms with E-state index in [-0.39, 0.29) is 6.61 Å². The fourth-order valence-corrected chi connectivity index (χ4v) is 2.23. The topological polar surface area (TPSA) is 61.8 Å². The van der Waals surface area contributed by atoms with Crippen LogP contribution in [-0.2, 0) is 0 Å². The number of aliphatic hydroxyl groups is 1. The molecule has 0 heterocycles. The maximum atomic E-state index is 13.6. The zero-order chi connectivity index (χ0) is 17.7. The number of amides is 2. The van der Waals surface area contributed by atoms with Crippen molar-refractivity contribution in [3.8, 4) is 5.75 Å². The molecule has 5 nitrogen and oxygen atoms in total. The van der Waals surface area contributed by atoms with Gasteiger partial charge in [0, 0.05) is 7.05 Å². The van der Waals surface area contributed by atoms with Gasteiger partial charge in [0.15, 0.2) is 0 Å². The van der Waals surface area contributed by atoms with Crippen LogP contribution in [0.3, 0.4) is 0 Å². The number of benzene rings is 2. The predicted molar refractivity (Wildman–Crippen MR) is 86.0 cm³/mol. The molecule has 0 aliphatic carbocycles. The number of halogens is 2. The van der Waals surface area contributed by atoms with Crippen LogP contribution in [0.2, 0.25) is 0 Å². The number of hydrogen-bond acceptors (Lipinski definition) is 3. The highest BCUT2D eigenvalue weighted by Crippen LogP contribution is 2.24. The Balaban J connectivity index is 2.17. The molecule has 2 N–H and O–H groups in total. The van der Waals surface area contributed by atoms with E-state index in [9.17, 15) is 18.7 Å². The maximum Gasteiger partial charge on any atom is 0.322 e. The van der Waals surface area contributed by atoms with E-state index < -0.39 is 29.4 Å². The Labute approximate surface area is 138 Å². The number of nitrogens with one attached hydrogen (secondary N) is 1. The van der Waals surface area contributed by atoms with Gasteiger partial charge in [-0.15, -0.1) is 0 Å². The van der Waals surface area contributed by atoms with E-state index in [1.165, 1.54) is 25.1 Å². The van der Waals surface area contributed by atoms with E-state index in [0.717, 1.165) is 12.1 Å². The standard InChI is InChI=1S/C17H18F2N2O3/c1-21(15(10-22)11-6-8-12(24-2)9-7-11)17(23)20-16-13(18)4-3-5-14(16)19/h3-9,15,22H,10H2,1-2H3,(H,20,23). The summed E-state index contributed by atoms with van der Waals surface area (Å²) in [6.45, 7) is -0.351. The average molecular weight is 336 g/mol. The molecule has 0 saturated heterocycles. The number of anilines is 1. The summed E-state index contributed by atoms with van der Waals surface area (Å²) in [7, 11) is 2.96. The number of carbonyl (C=O) groups is 1. The quantitative estimate of drug-likeness (QED) is 0.882. The van der Waals surface area contributed by atoms with Crippen LogP contribution in [0.1, 0.15) is 11.6 Å². The van der Waals surface area contributed by atoms with Gasteiger partial charge in [-0.05, 0) is 29.8 Å². The lowest BCUT2D eigenvalue weighted by atomic mass is 10.1. The van der Waals surface area contributed by atoms with E-state index in [1.807, 2.05) is 0 Å². The van der Waals surface area contributed by atoms with Gasteiger partial charge in [-0.3, -0.25) is 0 Å². The van der Waals surface area contributed by atoms with E-state index in [2.05, 4.69) is 5.32 Å². The number of hydrogen-bond donors (Lipinski definition) is 2. The molecule has 2 amide bonds. The third kappa shape index (κ3) is 3.80. The summed E-state index contributed by atoms with van der Waals surface area (Å²) < 4.78 is 32.3. The molecule has 128 valence electrons. The van der Waals surface area contributed by atoms with E-state index in [4.69, 9.17) is 4.74 Å². The SMILES string of the molecule is COc1ccc(C(CO)N(C)C(=O)Nc2c(F)cccc2F)cc1. The number of ether oxygens (including phenoxy) is 1. The lowest BCUT2D eigenvalue weighted by Gasteiger charge is -2.27. The van der Waals surface area contributed by atoms with Crippen molar-refractivity contribution in [2.75, 3.05) is 26.1 Å². The lowest BCUT2D eigenvalue weighted by molar-refractivity contribution is 0.158. The molecule has 1 atom stereocenters. The minimum Gasteiger partial charge on any atom is -0.497 e. The van der Waals surface area contributed by atoms with Gasteiger partial charge in [0.05, 0.1) is 19.8 Å². The summed E-state index contributed by atoms with van der Waals surface area (Å²) in [6.07, 6.45) is 0. The second kappa shape index (κ2) is 7.74. The van der Waals surface area contributed by atoms with Crippen molar-refractivity contribution in [3.63, 3.8) is 0 Å². The van der Waals surface area contributed by atoms with Gasteiger partial charge < -0.3 is 20.1 Å². The Bertz CT molecular complexity index is 687. The third-order valence-electron chi connectivity index (χ3n) is 3.66. The largest absolute Gasteiger partial charge is 0.497 e. The first-order valence-corrected chi connectivity index (χ1v) is 7.20. The van der Waals surface area contributed by atoms with Crippen LogP contribution in [-0.4, -0.2) is 36.8 Å². The first kappa shape index (κ1) is 17.7. The van der Waals surface area contributed by atoms with Crippen LogP contribution in [0.25, 0.3) is 0 Å². The first-order valence-electron chi connectivity index (χ1n) is 7.20. The molecular formula is C17H18F2N2O3. The molecule has 0 radical (unpaired) electrons. The Morgan fingerprint density at radius 1 is 1.21 bits per heavy atom. The van der Waals surface area contributed by atoms with Crippen molar-refractivity contribution in [2.24, 2.45) is 0 Å². The number of methoxy groups -OCH3 is 1. The first-order chi connectivity index (χ1) is 11.5. The van der Waals surface area contributed by atoms with E-state index in [1.54, 1.807) is 24.3 Å². The summed E-state index contributed by atoms with van der Waals surface area (Å²) in [6, 6.07) is 8.68. The molecule has 0 saturated carbocycles. The monoisotopic (exact) mass is 336 g/mol. The van der Waals surface area contributed by atoms with Crippen molar-refractivity contribution < 1.29 is 23.4 Å². The van der Waals surface area contributed by atoms with Crippen molar-refractivity contribution >= 4 is 11.7 Å². The molecule has 0 aliphatic heterocycles. The maximum absolute atomic E-state index is 13.6. The summed E-state index contributed by atoms with van der Waals surface area (Å²) in [5.41, 5.74) is 0.130. The lowest BCUT2D eigenvalue weighted by Crippen LogP contribution is -2.37. The predicted octanol–water partition coefficient (Wildman–Crippen LogP) is 3.17. The Morgan fingerprint density at radius 3 is 2.29 bits per heavy atom. The minimum absolute atomic E-state index is 0.351. The van der Waals surface area contributed by atoms with Crippen LogP contribution >= 0.6 is 0 Å². The molecule has 1 unspecified atom stereocenters. The van der Waals surface area contributed by atoms with Gasteiger partial charge in [-0.1, -0.05) is 18.2 Å². The zero-order valence-corrected chi connectivity index (χ0v) is 13.3. The molecule has 0 aromatic heterocycles. The highest BCUT2D eigenvalue weighted by atomic mass is 19.1. The summed E-state index contributed by atoms with van der Waals surface area (Å²) in [5, 5.41) is 11.8. The fourth-order valence-electron chi connectivity index (χ4n) is 2.23. The van der Waals surface area contributed by atoms with Crippen LogP contribution in [0.15, 0.2) is 42.5 Å². The molecule has 0 aliphatic rings. The van der Waals surface area contributed by atoms with Gasteiger partial charge in [0.1, 0.15) is 23.1 Å². The van der Waals surface area contributed by atoms with Crippen molar-refractivity contribution in [1.82, 2.24) is 4.90 Å². The van der Waals surface area contributed by atoms with Gasteiger partial charge in [-0.2, -0.15) is 0 Å². The van der Waals surface area contributed by atoms with Gasteiger partial charge >= 0.3 is 6.03 Å². The Hall–Kier alpha value is -2.67. The highest BCUT2D eigenvalue weighted by molar-refractivity contribution is 5.89. The normalized spacial score (nSPS) is 11.7. The van der Waals surface area contributed by atoms with E-state index >= 15 is 0 Å². The molecule has 0 bridgehead atoms. The molecule has 7 heteroatoms. The van der Waals surface area contributed by atoms with Crippen molar-refractivity contribution in [1.29, 1.82) is 0 Å². The fraction of sp³-hybridized carbons (Fsp3) is 0.235. The smallest absolute Gasteiger partial charge is 0.322 e. The number of urea groups is 1. The molecule has 24 heavy (non-hydrogen) atoms. The second-order valence-electron chi connectivity index (χ2n) is 5.11. The van der Waals surface area contributed by atoms with E-state index in [0.29, 0.717) is 11.3 Å². The number of likely N-dealkylation sites (N-methyl/N-ethyl adjacent to an activating group) is 1.